The molecule has 6 nitrogen and oxygen atoms in total. The van der Waals surface area contributed by atoms with Gasteiger partial charge >= 0.3 is 0 Å². The zero-order valence-corrected chi connectivity index (χ0v) is 20.4. The van der Waals surface area contributed by atoms with Gasteiger partial charge in [-0.2, -0.15) is 0 Å². The number of rotatable bonds is 6. The van der Waals surface area contributed by atoms with Crippen LogP contribution in [-0.2, 0) is 16.1 Å². The zero-order chi connectivity index (χ0) is 24.5. The first kappa shape index (κ1) is 22.8. The van der Waals surface area contributed by atoms with Crippen molar-refractivity contribution < 1.29 is 9.59 Å². The Balaban J connectivity index is 1.49. The summed E-state index contributed by atoms with van der Waals surface area (Å²) in [7, 11) is 0. The molecule has 1 fully saturated rings. The Morgan fingerprint density at radius 2 is 1.74 bits per heavy atom. The molecule has 2 amide bonds. The summed E-state index contributed by atoms with van der Waals surface area (Å²) in [5.74, 6) is 0.797. The molecule has 1 saturated heterocycles. The fourth-order valence-electron chi connectivity index (χ4n) is 5.04. The molecule has 178 valence electrons. The Morgan fingerprint density at radius 3 is 2.51 bits per heavy atom. The number of imidazole rings is 1. The minimum absolute atomic E-state index is 0.00110. The van der Waals surface area contributed by atoms with Crippen LogP contribution in [0.4, 0.5) is 11.4 Å². The van der Waals surface area contributed by atoms with Gasteiger partial charge < -0.3 is 14.4 Å². The van der Waals surface area contributed by atoms with Crippen LogP contribution in [0.1, 0.15) is 36.2 Å². The number of benzene rings is 3. The lowest BCUT2D eigenvalue weighted by atomic mass is 10.1. The Kier molecular flexibility index (Phi) is 6.12. The van der Waals surface area contributed by atoms with Gasteiger partial charge in [-0.1, -0.05) is 42.5 Å². The minimum atomic E-state index is -0.0885. The first-order valence-electron chi connectivity index (χ1n) is 12.1. The molecule has 0 radical (unpaired) electrons. The summed E-state index contributed by atoms with van der Waals surface area (Å²) in [5, 5.41) is 0. The van der Waals surface area contributed by atoms with E-state index in [0.717, 1.165) is 39.4 Å². The maximum absolute atomic E-state index is 13.5. The zero-order valence-electron chi connectivity index (χ0n) is 20.4. The highest BCUT2D eigenvalue weighted by molar-refractivity contribution is 5.98. The van der Waals surface area contributed by atoms with E-state index in [1.54, 1.807) is 4.90 Å². The first-order valence-corrected chi connectivity index (χ1v) is 12.1. The number of amides is 2. The van der Waals surface area contributed by atoms with E-state index in [-0.39, 0.29) is 24.3 Å². The number of carbonyl (C=O) groups is 2. The summed E-state index contributed by atoms with van der Waals surface area (Å²) < 4.78 is 2.01. The first-order chi connectivity index (χ1) is 17.0. The number of aromatic nitrogens is 2. The number of likely N-dealkylation sites (N-methyl/N-ethyl adjacent to an activating group) is 1. The van der Waals surface area contributed by atoms with Gasteiger partial charge in [0.15, 0.2) is 0 Å². The topological polar surface area (TPSA) is 58.4 Å². The third-order valence-corrected chi connectivity index (χ3v) is 7.02. The van der Waals surface area contributed by atoms with Crippen LogP contribution in [0.2, 0.25) is 0 Å². The van der Waals surface area contributed by atoms with E-state index in [1.807, 2.05) is 83.1 Å². The van der Waals surface area contributed by atoms with Crippen LogP contribution in [0.25, 0.3) is 11.0 Å². The van der Waals surface area contributed by atoms with Crippen molar-refractivity contribution in [1.29, 1.82) is 0 Å². The minimum Gasteiger partial charge on any atom is -0.318 e. The van der Waals surface area contributed by atoms with Gasteiger partial charge in [0, 0.05) is 36.8 Å². The predicted octanol–water partition coefficient (Wildman–Crippen LogP) is 5.23. The van der Waals surface area contributed by atoms with Crippen LogP contribution < -0.4 is 9.80 Å². The summed E-state index contributed by atoms with van der Waals surface area (Å²) in [5.41, 5.74) is 5.87. The second-order valence-electron chi connectivity index (χ2n) is 9.14. The van der Waals surface area contributed by atoms with Crippen molar-refractivity contribution >= 4 is 34.2 Å². The van der Waals surface area contributed by atoms with Crippen LogP contribution in [0.5, 0.6) is 0 Å². The molecule has 0 bridgehead atoms. The second kappa shape index (κ2) is 9.37. The van der Waals surface area contributed by atoms with Crippen molar-refractivity contribution in [2.75, 3.05) is 22.9 Å². The summed E-state index contributed by atoms with van der Waals surface area (Å²) in [6.45, 7) is 7.41. The van der Waals surface area contributed by atoms with Crippen molar-refractivity contribution in [1.82, 2.24) is 9.55 Å². The SMILES string of the molecule is CCN(C(=O)Cn1c(C2CC(=O)N(c3cccc(C)c3C)C2)nc2ccccc21)c1ccccc1. The third kappa shape index (κ3) is 4.20. The Bertz CT molecular complexity index is 1390. The van der Waals surface area contributed by atoms with Crippen molar-refractivity contribution in [3.8, 4) is 0 Å². The number of anilines is 2. The molecule has 1 aliphatic rings. The van der Waals surface area contributed by atoms with Gasteiger partial charge in [0.05, 0.1) is 11.0 Å². The van der Waals surface area contributed by atoms with E-state index in [0.29, 0.717) is 19.5 Å². The molecular formula is C29H30N4O2. The van der Waals surface area contributed by atoms with E-state index >= 15 is 0 Å². The van der Waals surface area contributed by atoms with Crippen LogP contribution in [-0.4, -0.2) is 34.5 Å². The smallest absolute Gasteiger partial charge is 0.246 e. The van der Waals surface area contributed by atoms with E-state index in [1.165, 1.54) is 0 Å². The molecule has 3 aromatic carbocycles. The molecule has 35 heavy (non-hydrogen) atoms. The van der Waals surface area contributed by atoms with Crippen LogP contribution in [0, 0.1) is 13.8 Å². The molecule has 4 aromatic rings. The van der Waals surface area contributed by atoms with Gasteiger partial charge in [-0.15, -0.1) is 0 Å². The Morgan fingerprint density at radius 1 is 1.00 bits per heavy atom. The van der Waals surface area contributed by atoms with E-state index in [4.69, 9.17) is 4.98 Å². The summed E-state index contributed by atoms with van der Waals surface area (Å²) in [6.07, 6.45) is 0.376. The largest absolute Gasteiger partial charge is 0.318 e. The van der Waals surface area contributed by atoms with Gasteiger partial charge in [-0.25, -0.2) is 4.98 Å². The van der Waals surface area contributed by atoms with Crippen LogP contribution >= 0.6 is 0 Å². The van der Waals surface area contributed by atoms with E-state index < -0.39 is 0 Å². The fraction of sp³-hybridized carbons (Fsp3) is 0.276. The number of para-hydroxylation sites is 3. The highest BCUT2D eigenvalue weighted by atomic mass is 16.2. The molecule has 6 heteroatoms. The molecule has 0 spiro atoms. The lowest BCUT2D eigenvalue weighted by molar-refractivity contribution is -0.119. The quantitative estimate of drug-likeness (QED) is 0.391. The number of hydrogen-bond acceptors (Lipinski definition) is 3. The maximum Gasteiger partial charge on any atom is 0.246 e. The molecule has 1 unspecified atom stereocenters. The number of fused-ring (bicyclic) bond motifs is 1. The molecule has 2 heterocycles. The molecule has 1 aliphatic heterocycles. The average molecular weight is 467 g/mol. The average Bonchev–Trinajstić information content (AvgIpc) is 3.42. The van der Waals surface area contributed by atoms with Crippen LogP contribution in [0.15, 0.2) is 72.8 Å². The lowest BCUT2D eigenvalue weighted by Crippen LogP contribution is -2.34. The number of carbonyl (C=O) groups excluding carboxylic acids is 2. The molecule has 0 N–H and O–H groups in total. The molecular weight excluding hydrogens is 436 g/mol. The van der Waals surface area contributed by atoms with Crippen LogP contribution in [0.3, 0.4) is 0 Å². The third-order valence-electron chi connectivity index (χ3n) is 7.02. The predicted molar refractivity (Wildman–Crippen MR) is 140 cm³/mol. The highest BCUT2D eigenvalue weighted by Gasteiger charge is 2.36. The van der Waals surface area contributed by atoms with Gasteiger partial charge in [0.25, 0.3) is 0 Å². The van der Waals surface area contributed by atoms with Crippen molar-refractivity contribution in [2.45, 2.75) is 39.7 Å². The van der Waals surface area contributed by atoms with Gasteiger partial charge in [0.1, 0.15) is 12.4 Å². The monoisotopic (exact) mass is 466 g/mol. The van der Waals surface area contributed by atoms with Crippen molar-refractivity contribution in [2.24, 2.45) is 0 Å². The summed E-state index contributed by atoms with van der Waals surface area (Å²) in [6, 6.07) is 23.7. The van der Waals surface area contributed by atoms with E-state index in [2.05, 4.69) is 19.9 Å². The number of aryl methyl sites for hydroxylation is 1. The van der Waals surface area contributed by atoms with Crippen molar-refractivity contribution in [3.05, 3.63) is 89.7 Å². The van der Waals surface area contributed by atoms with Crippen molar-refractivity contribution in [3.63, 3.8) is 0 Å². The number of hydrogen-bond donors (Lipinski definition) is 0. The second-order valence-corrected chi connectivity index (χ2v) is 9.14. The normalized spacial score (nSPS) is 15.7. The Hall–Kier alpha value is -3.93. The molecule has 0 saturated carbocycles. The van der Waals surface area contributed by atoms with Gasteiger partial charge in [0.2, 0.25) is 11.8 Å². The fourth-order valence-corrected chi connectivity index (χ4v) is 5.04. The molecule has 1 atom stereocenters. The summed E-state index contributed by atoms with van der Waals surface area (Å²) >= 11 is 0. The van der Waals surface area contributed by atoms with E-state index in [9.17, 15) is 9.59 Å². The lowest BCUT2D eigenvalue weighted by Gasteiger charge is -2.23. The Labute approximate surface area is 205 Å². The van der Waals surface area contributed by atoms with Gasteiger partial charge in [-0.05, 0) is 62.2 Å². The maximum atomic E-state index is 13.5. The molecule has 1 aromatic heterocycles. The molecule has 0 aliphatic carbocycles. The highest BCUT2D eigenvalue weighted by Crippen LogP contribution is 2.35. The summed E-state index contributed by atoms with van der Waals surface area (Å²) in [4.78, 5) is 35.2. The standard InChI is InChI=1S/C29H30N4O2/c1-4-31(23-12-6-5-7-13-23)28(35)19-33-26-15-9-8-14-24(26)30-29(33)22-17-27(34)32(18-22)25-16-10-11-20(2)21(25)3/h5-16,22H,4,17-19H2,1-3H3. The number of nitrogens with zero attached hydrogens (tertiary/aromatic N) is 4. The van der Waals surface area contributed by atoms with Gasteiger partial charge in [-0.3, -0.25) is 9.59 Å². The molecule has 5 rings (SSSR count).